The number of thiophene rings is 1. The zero-order valence-corrected chi connectivity index (χ0v) is 22.1. The van der Waals surface area contributed by atoms with Crippen molar-refractivity contribution >= 4 is 40.4 Å². The number of piperazine rings is 1. The minimum atomic E-state index is -0.464. The van der Waals surface area contributed by atoms with Crippen LogP contribution in [-0.2, 0) is 9.53 Å². The molecule has 1 aromatic heterocycles. The topological polar surface area (TPSA) is 53.1 Å². The number of hydrogen-bond donors (Lipinski definition) is 0. The second-order valence-electron chi connectivity index (χ2n) is 9.26. The van der Waals surface area contributed by atoms with Crippen molar-refractivity contribution in [1.82, 2.24) is 9.80 Å². The van der Waals surface area contributed by atoms with Gasteiger partial charge < -0.3 is 19.4 Å². The Hall–Kier alpha value is -2.87. The first kappa shape index (κ1) is 24.8. The molecule has 3 aromatic rings. The largest absolute Gasteiger partial charge is 0.383 e. The fourth-order valence-corrected chi connectivity index (χ4v) is 6.40. The lowest BCUT2D eigenvalue weighted by atomic mass is 9.81. The number of benzene rings is 2. The van der Waals surface area contributed by atoms with Crippen molar-refractivity contribution in [2.75, 3.05) is 51.3 Å². The van der Waals surface area contributed by atoms with Crippen LogP contribution in [0.1, 0.15) is 38.3 Å². The molecule has 1 saturated heterocycles. The van der Waals surface area contributed by atoms with E-state index in [2.05, 4.69) is 11.8 Å². The lowest BCUT2D eigenvalue weighted by Crippen LogP contribution is -2.53. The molecule has 6 nitrogen and oxygen atoms in total. The minimum absolute atomic E-state index is 0.0497. The maximum Gasteiger partial charge on any atom is 0.254 e. The summed E-state index contributed by atoms with van der Waals surface area (Å²) in [5.41, 5.74) is 3.71. The lowest BCUT2D eigenvalue weighted by Gasteiger charge is -2.44. The highest BCUT2D eigenvalue weighted by atomic mass is 35.5. The molecule has 2 aromatic carbocycles. The van der Waals surface area contributed by atoms with Crippen molar-refractivity contribution in [3.63, 3.8) is 0 Å². The van der Waals surface area contributed by atoms with Gasteiger partial charge in [0.05, 0.1) is 18.6 Å². The van der Waals surface area contributed by atoms with Crippen LogP contribution >= 0.6 is 22.9 Å². The summed E-state index contributed by atoms with van der Waals surface area (Å²) in [4.78, 5) is 34.9. The highest BCUT2D eigenvalue weighted by molar-refractivity contribution is 7.10. The van der Waals surface area contributed by atoms with Crippen LogP contribution < -0.4 is 4.90 Å². The number of anilines is 1. The summed E-state index contributed by atoms with van der Waals surface area (Å²) >= 11 is 7.85. The second-order valence-corrected chi connectivity index (χ2v) is 10.7. The third-order valence-corrected chi connectivity index (χ3v) is 8.36. The molecular formula is C28H30ClN3O3S. The molecule has 0 N–H and O–H groups in total. The maximum absolute atomic E-state index is 14.2. The molecule has 5 rings (SSSR count). The summed E-state index contributed by atoms with van der Waals surface area (Å²) in [6.07, 6.45) is 0. The van der Waals surface area contributed by atoms with E-state index in [9.17, 15) is 9.59 Å². The molecule has 0 unspecified atom stereocenters. The molecule has 8 heteroatoms. The van der Waals surface area contributed by atoms with E-state index in [4.69, 9.17) is 16.3 Å². The van der Waals surface area contributed by atoms with Gasteiger partial charge in [0.25, 0.3) is 5.91 Å². The standard InChI is InChI=1S/C28H30ClN3O3S/c1-19-9-10-20(29)18-23(19)30-11-13-31(14-12-30)28(34)25-21-6-3-4-7-22(21)27(33)32(15-16-35-2)26(25)24-8-5-17-36-24/h3-10,17-18,25-26H,11-16H2,1-2H3/t25-,26+/m0/s1. The molecule has 2 amide bonds. The van der Waals surface area contributed by atoms with Gasteiger partial charge in [0.1, 0.15) is 0 Å². The van der Waals surface area contributed by atoms with E-state index in [1.165, 1.54) is 5.56 Å². The summed E-state index contributed by atoms with van der Waals surface area (Å²) in [6, 6.07) is 17.1. The number of aryl methyl sites for hydroxylation is 1. The van der Waals surface area contributed by atoms with Crippen molar-refractivity contribution in [2.24, 2.45) is 0 Å². The first-order valence-electron chi connectivity index (χ1n) is 12.2. The first-order valence-corrected chi connectivity index (χ1v) is 13.5. The average Bonchev–Trinajstić information content (AvgIpc) is 3.44. The normalized spacial score (nSPS) is 20.0. The fourth-order valence-electron chi connectivity index (χ4n) is 5.36. The van der Waals surface area contributed by atoms with Gasteiger partial charge in [0, 0.05) is 61.0 Å². The zero-order chi connectivity index (χ0) is 25.2. The molecule has 0 radical (unpaired) electrons. The van der Waals surface area contributed by atoms with Crippen molar-refractivity contribution in [3.8, 4) is 0 Å². The number of hydrogen-bond acceptors (Lipinski definition) is 5. The van der Waals surface area contributed by atoms with Crippen LogP contribution in [0.25, 0.3) is 0 Å². The maximum atomic E-state index is 14.2. The monoisotopic (exact) mass is 523 g/mol. The molecular weight excluding hydrogens is 494 g/mol. The fraction of sp³-hybridized carbons (Fsp3) is 0.357. The van der Waals surface area contributed by atoms with E-state index < -0.39 is 5.92 Å². The van der Waals surface area contributed by atoms with E-state index in [1.807, 2.05) is 69.8 Å². The molecule has 36 heavy (non-hydrogen) atoms. The summed E-state index contributed by atoms with van der Waals surface area (Å²) < 4.78 is 5.33. The smallest absolute Gasteiger partial charge is 0.254 e. The number of methoxy groups -OCH3 is 1. The predicted octanol–water partition coefficient (Wildman–Crippen LogP) is 4.99. The van der Waals surface area contributed by atoms with Crippen LogP contribution in [0.2, 0.25) is 5.02 Å². The van der Waals surface area contributed by atoms with E-state index in [-0.39, 0.29) is 17.9 Å². The Kier molecular flexibility index (Phi) is 7.32. The SMILES string of the molecule is COCCN1C(=O)c2ccccc2[C@H](C(=O)N2CCN(c3cc(Cl)ccc3C)CC2)[C@H]1c1cccs1. The number of halogens is 1. The summed E-state index contributed by atoms with van der Waals surface area (Å²) in [6.45, 7) is 5.62. The Morgan fingerprint density at radius 2 is 1.86 bits per heavy atom. The van der Waals surface area contributed by atoms with E-state index >= 15 is 0 Å². The molecule has 0 aliphatic carbocycles. The van der Waals surface area contributed by atoms with E-state index in [0.717, 1.165) is 29.2 Å². The second kappa shape index (κ2) is 10.6. The van der Waals surface area contributed by atoms with Crippen molar-refractivity contribution in [2.45, 2.75) is 18.9 Å². The minimum Gasteiger partial charge on any atom is -0.383 e. The van der Waals surface area contributed by atoms with Crippen LogP contribution in [0.4, 0.5) is 5.69 Å². The Labute approximate surface area is 221 Å². The molecule has 2 atom stereocenters. The van der Waals surface area contributed by atoms with Gasteiger partial charge in [0.2, 0.25) is 5.91 Å². The van der Waals surface area contributed by atoms with Crippen molar-refractivity contribution in [1.29, 1.82) is 0 Å². The Bertz CT molecular complexity index is 1240. The molecule has 2 aliphatic heterocycles. The van der Waals surface area contributed by atoms with Crippen LogP contribution in [0.5, 0.6) is 0 Å². The highest BCUT2D eigenvalue weighted by Crippen LogP contribution is 2.45. The molecule has 1 fully saturated rings. The predicted molar refractivity (Wildman–Crippen MR) is 144 cm³/mol. The van der Waals surface area contributed by atoms with Gasteiger partial charge >= 0.3 is 0 Å². The van der Waals surface area contributed by atoms with Crippen LogP contribution in [-0.4, -0.2) is 68.1 Å². The molecule has 0 spiro atoms. The molecule has 0 bridgehead atoms. The summed E-state index contributed by atoms with van der Waals surface area (Å²) in [7, 11) is 1.63. The van der Waals surface area contributed by atoms with Crippen LogP contribution in [0.15, 0.2) is 60.0 Å². The Morgan fingerprint density at radius 1 is 1.08 bits per heavy atom. The summed E-state index contributed by atoms with van der Waals surface area (Å²) in [5.74, 6) is -0.446. The Balaban J connectivity index is 1.46. The third-order valence-electron chi connectivity index (χ3n) is 7.18. The van der Waals surface area contributed by atoms with Gasteiger partial charge in [-0.1, -0.05) is 41.9 Å². The van der Waals surface area contributed by atoms with Gasteiger partial charge in [-0.25, -0.2) is 0 Å². The molecule has 3 heterocycles. The summed E-state index contributed by atoms with van der Waals surface area (Å²) in [5, 5.41) is 2.72. The van der Waals surface area contributed by atoms with Gasteiger partial charge in [0.15, 0.2) is 0 Å². The van der Waals surface area contributed by atoms with E-state index in [0.29, 0.717) is 36.8 Å². The first-order chi connectivity index (χ1) is 17.5. The van der Waals surface area contributed by atoms with Gasteiger partial charge in [-0.05, 0) is 47.7 Å². The third kappa shape index (κ3) is 4.63. The van der Waals surface area contributed by atoms with Gasteiger partial charge in [-0.3, -0.25) is 9.59 Å². The molecule has 2 aliphatic rings. The van der Waals surface area contributed by atoms with Crippen LogP contribution in [0, 0.1) is 6.92 Å². The number of rotatable bonds is 6. The lowest BCUT2D eigenvalue weighted by molar-refractivity contribution is -0.135. The zero-order valence-electron chi connectivity index (χ0n) is 20.5. The quantitative estimate of drug-likeness (QED) is 0.457. The number of nitrogens with zero attached hydrogens (tertiary/aromatic N) is 3. The van der Waals surface area contributed by atoms with Crippen molar-refractivity contribution < 1.29 is 14.3 Å². The molecule has 0 saturated carbocycles. The number of fused-ring (bicyclic) bond motifs is 1. The number of carbonyl (C=O) groups is 2. The Morgan fingerprint density at radius 3 is 2.58 bits per heavy atom. The number of carbonyl (C=O) groups excluding carboxylic acids is 2. The van der Waals surface area contributed by atoms with Crippen molar-refractivity contribution in [3.05, 3.63) is 86.6 Å². The highest BCUT2D eigenvalue weighted by Gasteiger charge is 2.46. The number of amides is 2. The molecule has 188 valence electrons. The average molecular weight is 524 g/mol. The van der Waals surface area contributed by atoms with Gasteiger partial charge in [-0.15, -0.1) is 11.3 Å². The number of ether oxygens (including phenoxy) is 1. The van der Waals surface area contributed by atoms with Gasteiger partial charge in [-0.2, -0.15) is 0 Å². The van der Waals surface area contributed by atoms with Crippen LogP contribution in [0.3, 0.4) is 0 Å². The van der Waals surface area contributed by atoms with E-state index in [1.54, 1.807) is 18.4 Å².